The summed E-state index contributed by atoms with van der Waals surface area (Å²) in [6, 6.07) is 0. The Balaban J connectivity index is 2.17. The molecule has 3 atom stereocenters. The molecule has 3 aliphatic rings. The Morgan fingerprint density at radius 1 is 0.765 bits per heavy atom. The van der Waals surface area contributed by atoms with E-state index in [4.69, 9.17) is 0 Å². The van der Waals surface area contributed by atoms with E-state index in [1.54, 1.807) is 0 Å². The molecule has 0 radical (unpaired) electrons. The van der Waals surface area contributed by atoms with E-state index in [1.807, 2.05) is 0 Å². The normalized spacial score (nSPS) is 50.0. The third-order valence-corrected chi connectivity index (χ3v) is 5.37. The van der Waals surface area contributed by atoms with Gasteiger partial charge in [-0.15, -0.1) is 0 Å². The van der Waals surface area contributed by atoms with Gasteiger partial charge in [-0.2, -0.15) is 0 Å². The highest BCUT2D eigenvalue weighted by Gasteiger charge is 2.72. The van der Waals surface area contributed by atoms with Crippen LogP contribution in [0.15, 0.2) is 0 Å². The van der Waals surface area contributed by atoms with Crippen LogP contribution in [0.2, 0.25) is 0 Å². The molecule has 0 saturated heterocycles. The van der Waals surface area contributed by atoms with Gasteiger partial charge >= 0.3 is 0 Å². The van der Waals surface area contributed by atoms with Gasteiger partial charge in [-0.1, -0.05) is 0 Å². The average Bonchev–Trinajstić information content (AvgIpc) is 2.54. The van der Waals surface area contributed by atoms with Crippen LogP contribution in [0.5, 0.6) is 0 Å². The molecule has 0 aromatic heterocycles. The van der Waals surface area contributed by atoms with Crippen molar-refractivity contribution in [1.29, 1.82) is 0 Å². The minimum Gasteiger partial charge on any atom is -0.381 e. The van der Waals surface area contributed by atoms with Gasteiger partial charge in [-0.05, 0) is 38.5 Å². The summed E-state index contributed by atoms with van der Waals surface area (Å²) in [5.74, 6) is -0.345. The van der Waals surface area contributed by atoms with Crippen molar-refractivity contribution in [3.05, 3.63) is 0 Å². The third-order valence-electron chi connectivity index (χ3n) is 5.37. The monoisotopic (exact) mass is 238 g/mol. The fourth-order valence-corrected chi connectivity index (χ4v) is 4.48. The Hall–Kier alpha value is -0.740. The second-order valence-electron chi connectivity index (χ2n) is 5.86. The van der Waals surface area contributed by atoms with Crippen LogP contribution in [-0.2, 0) is 9.59 Å². The number of rotatable bonds is 0. The largest absolute Gasteiger partial charge is 0.381 e. The van der Waals surface area contributed by atoms with Crippen molar-refractivity contribution in [3.63, 3.8) is 0 Å². The smallest absolute Gasteiger partial charge is 0.165 e. The highest BCUT2D eigenvalue weighted by Crippen LogP contribution is 2.62. The van der Waals surface area contributed by atoms with E-state index in [-0.39, 0.29) is 11.6 Å². The van der Waals surface area contributed by atoms with Crippen LogP contribution >= 0.6 is 0 Å². The first kappa shape index (κ1) is 11.4. The number of hydrogen-bond acceptors (Lipinski definition) is 4. The van der Waals surface area contributed by atoms with Gasteiger partial charge in [0.05, 0.1) is 0 Å². The maximum absolute atomic E-state index is 12.1. The van der Waals surface area contributed by atoms with Crippen molar-refractivity contribution in [2.24, 2.45) is 5.41 Å². The zero-order valence-electron chi connectivity index (χ0n) is 9.87. The Labute approximate surface area is 100 Å². The lowest BCUT2D eigenvalue weighted by molar-refractivity contribution is -0.217. The van der Waals surface area contributed by atoms with Crippen LogP contribution in [-0.4, -0.2) is 33.0 Å². The summed E-state index contributed by atoms with van der Waals surface area (Å²) in [7, 11) is 0. The Bertz CT molecular complexity index is 404. The first-order valence-electron chi connectivity index (χ1n) is 6.48. The molecule has 94 valence electrons. The van der Waals surface area contributed by atoms with Crippen LogP contribution in [0.25, 0.3) is 0 Å². The molecule has 0 amide bonds. The van der Waals surface area contributed by atoms with Gasteiger partial charge in [-0.25, -0.2) is 0 Å². The third kappa shape index (κ3) is 1.06. The van der Waals surface area contributed by atoms with E-state index >= 15 is 0 Å². The summed E-state index contributed by atoms with van der Waals surface area (Å²) in [6.07, 6.45) is 3.77. The number of ketones is 2. The Morgan fingerprint density at radius 3 is 2.00 bits per heavy atom. The summed E-state index contributed by atoms with van der Waals surface area (Å²) < 4.78 is 0. The molecule has 0 aromatic carbocycles. The lowest BCUT2D eigenvalue weighted by atomic mass is 9.50. The van der Waals surface area contributed by atoms with E-state index in [0.717, 1.165) is 0 Å². The van der Waals surface area contributed by atoms with Crippen molar-refractivity contribution >= 4 is 11.6 Å². The molecule has 4 heteroatoms. The van der Waals surface area contributed by atoms with Crippen molar-refractivity contribution in [2.75, 3.05) is 0 Å². The van der Waals surface area contributed by atoms with Gasteiger partial charge in [-0.3, -0.25) is 9.59 Å². The van der Waals surface area contributed by atoms with Gasteiger partial charge in [0.2, 0.25) is 0 Å². The molecular weight excluding hydrogens is 220 g/mol. The first-order valence-corrected chi connectivity index (χ1v) is 6.48. The summed E-state index contributed by atoms with van der Waals surface area (Å²) in [5, 5.41) is 21.4. The molecule has 0 aromatic rings. The molecule has 3 rings (SSSR count). The topological polar surface area (TPSA) is 74.6 Å². The standard InChI is InChI=1S/C13H18O4/c14-9-3-1-5-11-8-4-10(15)13(11,17)7-2-6-12(9,11)16/h16-17H,1-8H2/t11-,12-,13-/m0/s1. The van der Waals surface area contributed by atoms with E-state index < -0.39 is 16.6 Å². The van der Waals surface area contributed by atoms with Gasteiger partial charge in [0, 0.05) is 18.3 Å². The number of Topliss-reactive ketones (excluding diaryl/α,β-unsaturated/α-hetero) is 2. The van der Waals surface area contributed by atoms with Gasteiger partial charge in [0.1, 0.15) is 11.2 Å². The molecule has 17 heavy (non-hydrogen) atoms. The number of hydrogen-bond donors (Lipinski definition) is 2. The molecular formula is C13H18O4. The van der Waals surface area contributed by atoms with Crippen LogP contribution in [0.4, 0.5) is 0 Å². The lowest BCUT2D eigenvalue weighted by Crippen LogP contribution is -2.68. The van der Waals surface area contributed by atoms with E-state index in [1.165, 1.54) is 0 Å². The zero-order chi connectivity index (χ0) is 12.3. The van der Waals surface area contributed by atoms with E-state index in [0.29, 0.717) is 51.4 Å². The van der Waals surface area contributed by atoms with Gasteiger partial charge < -0.3 is 10.2 Å². The van der Waals surface area contributed by atoms with Crippen LogP contribution < -0.4 is 0 Å². The molecule has 0 aliphatic heterocycles. The SMILES string of the molecule is O=C1CCC[C@@]23CCC(=O)[C@@]2(O)CCC[C@]13O. The highest BCUT2D eigenvalue weighted by molar-refractivity contribution is 5.96. The summed E-state index contributed by atoms with van der Waals surface area (Å²) >= 11 is 0. The number of carbonyl (C=O) groups is 2. The molecule has 4 nitrogen and oxygen atoms in total. The summed E-state index contributed by atoms with van der Waals surface area (Å²) in [6.45, 7) is 0. The first-order chi connectivity index (χ1) is 7.96. The highest BCUT2D eigenvalue weighted by atomic mass is 16.3. The van der Waals surface area contributed by atoms with Crippen molar-refractivity contribution < 1.29 is 19.8 Å². The predicted octanol–water partition coefficient (Wildman–Crippen LogP) is 0.735. The molecule has 1 spiro atoms. The summed E-state index contributed by atoms with van der Waals surface area (Å²) in [4.78, 5) is 24.0. The predicted molar refractivity (Wildman–Crippen MR) is 59.3 cm³/mol. The molecule has 0 unspecified atom stereocenters. The van der Waals surface area contributed by atoms with Crippen LogP contribution in [0.1, 0.15) is 51.4 Å². The fraction of sp³-hybridized carbons (Fsp3) is 0.846. The zero-order valence-corrected chi connectivity index (χ0v) is 9.87. The quantitative estimate of drug-likeness (QED) is 0.652. The number of aliphatic hydroxyl groups is 2. The average molecular weight is 238 g/mol. The molecule has 3 aliphatic carbocycles. The molecule has 3 saturated carbocycles. The second-order valence-corrected chi connectivity index (χ2v) is 5.86. The number of carbonyl (C=O) groups excluding carboxylic acids is 2. The Kier molecular flexibility index (Phi) is 2.12. The summed E-state index contributed by atoms with van der Waals surface area (Å²) in [5.41, 5.74) is -3.79. The molecule has 0 bridgehead atoms. The van der Waals surface area contributed by atoms with Crippen LogP contribution in [0, 0.1) is 5.41 Å². The lowest BCUT2D eigenvalue weighted by Gasteiger charge is -2.56. The fourth-order valence-electron chi connectivity index (χ4n) is 4.48. The minimum absolute atomic E-state index is 0.170. The van der Waals surface area contributed by atoms with E-state index in [9.17, 15) is 19.8 Å². The van der Waals surface area contributed by atoms with Gasteiger partial charge in [0.15, 0.2) is 11.6 Å². The van der Waals surface area contributed by atoms with Gasteiger partial charge in [0.25, 0.3) is 0 Å². The molecule has 2 N–H and O–H groups in total. The van der Waals surface area contributed by atoms with Crippen LogP contribution in [0.3, 0.4) is 0 Å². The van der Waals surface area contributed by atoms with E-state index in [2.05, 4.69) is 0 Å². The maximum Gasteiger partial charge on any atom is 0.165 e. The minimum atomic E-state index is -1.45. The molecule has 0 heterocycles. The molecule has 3 fully saturated rings. The van der Waals surface area contributed by atoms with Crippen molar-refractivity contribution in [3.8, 4) is 0 Å². The maximum atomic E-state index is 12.1. The van der Waals surface area contributed by atoms with Crippen molar-refractivity contribution in [2.45, 2.75) is 62.6 Å². The second kappa shape index (κ2) is 3.18. The Morgan fingerprint density at radius 2 is 1.35 bits per heavy atom. The van der Waals surface area contributed by atoms with Crippen molar-refractivity contribution in [1.82, 2.24) is 0 Å².